The van der Waals surface area contributed by atoms with Crippen LogP contribution in [0.3, 0.4) is 0 Å². The molecule has 0 spiro atoms. The smallest absolute Gasteiger partial charge is 0.241 e. The highest BCUT2D eigenvalue weighted by atomic mass is 19.1. The summed E-state index contributed by atoms with van der Waals surface area (Å²) in [6, 6.07) is 9.75. The highest BCUT2D eigenvalue weighted by molar-refractivity contribution is 5.95. The monoisotopic (exact) mass is 368 g/mol. The standard InChI is InChI=1S/C21H25FN4O/c1-5-12(2)19(23)21(27)25-16-8-6-14(10-13(16)3)20-24-17-11-15(22)7-9-18(17)26(20)4/h6-12,19H,5,23H2,1-4H3,(H,25,27). The SMILES string of the molecule is CCC(C)C(N)C(=O)Nc1ccc(-c2nc3cc(F)ccc3n2C)cc1C. The van der Waals surface area contributed by atoms with E-state index >= 15 is 0 Å². The van der Waals surface area contributed by atoms with E-state index in [0.717, 1.165) is 34.6 Å². The largest absolute Gasteiger partial charge is 0.327 e. The number of halogens is 1. The van der Waals surface area contributed by atoms with Crippen LogP contribution in [0.25, 0.3) is 22.4 Å². The Balaban J connectivity index is 1.89. The van der Waals surface area contributed by atoms with Crippen LogP contribution in [0.1, 0.15) is 25.8 Å². The van der Waals surface area contributed by atoms with Crippen LogP contribution in [0.5, 0.6) is 0 Å². The lowest BCUT2D eigenvalue weighted by Gasteiger charge is -2.18. The fourth-order valence-electron chi connectivity index (χ4n) is 3.10. The van der Waals surface area contributed by atoms with E-state index in [1.807, 2.05) is 50.6 Å². The number of hydrogen-bond acceptors (Lipinski definition) is 3. The summed E-state index contributed by atoms with van der Waals surface area (Å²) in [7, 11) is 1.90. The second kappa shape index (κ2) is 7.48. The molecule has 0 radical (unpaired) electrons. The van der Waals surface area contributed by atoms with Gasteiger partial charge in [-0.2, -0.15) is 0 Å². The van der Waals surface area contributed by atoms with Crippen molar-refractivity contribution in [2.75, 3.05) is 5.32 Å². The molecule has 5 nitrogen and oxygen atoms in total. The molecule has 0 aliphatic carbocycles. The Morgan fingerprint density at radius 2 is 2.04 bits per heavy atom. The molecule has 1 heterocycles. The first-order chi connectivity index (χ1) is 12.8. The molecule has 2 atom stereocenters. The lowest BCUT2D eigenvalue weighted by atomic mass is 9.99. The molecule has 27 heavy (non-hydrogen) atoms. The molecule has 3 rings (SSSR count). The summed E-state index contributed by atoms with van der Waals surface area (Å²) in [5.74, 6) is 0.371. The third-order valence-electron chi connectivity index (χ3n) is 5.15. The quantitative estimate of drug-likeness (QED) is 0.715. The van der Waals surface area contributed by atoms with Gasteiger partial charge >= 0.3 is 0 Å². The van der Waals surface area contributed by atoms with Gasteiger partial charge in [0.2, 0.25) is 5.91 Å². The van der Waals surface area contributed by atoms with Gasteiger partial charge in [0.05, 0.1) is 17.1 Å². The first kappa shape index (κ1) is 19.0. The number of carbonyl (C=O) groups is 1. The first-order valence-electron chi connectivity index (χ1n) is 9.11. The van der Waals surface area contributed by atoms with Crippen molar-refractivity contribution >= 4 is 22.6 Å². The van der Waals surface area contributed by atoms with Crippen LogP contribution in [-0.4, -0.2) is 21.5 Å². The topological polar surface area (TPSA) is 72.9 Å². The normalized spacial score (nSPS) is 13.6. The van der Waals surface area contributed by atoms with Gasteiger partial charge in [-0.15, -0.1) is 0 Å². The molecular formula is C21H25FN4O. The fourth-order valence-corrected chi connectivity index (χ4v) is 3.10. The molecule has 1 amide bonds. The van der Waals surface area contributed by atoms with Crippen LogP contribution in [0.15, 0.2) is 36.4 Å². The average molecular weight is 368 g/mol. The van der Waals surface area contributed by atoms with Crippen LogP contribution in [0.2, 0.25) is 0 Å². The average Bonchev–Trinajstić information content (AvgIpc) is 2.97. The molecule has 6 heteroatoms. The number of benzene rings is 2. The first-order valence-corrected chi connectivity index (χ1v) is 9.11. The number of nitrogens with zero attached hydrogens (tertiary/aromatic N) is 2. The van der Waals surface area contributed by atoms with E-state index in [0.29, 0.717) is 5.52 Å². The highest BCUT2D eigenvalue weighted by Crippen LogP contribution is 2.27. The Morgan fingerprint density at radius 1 is 1.30 bits per heavy atom. The molecule has 0 saturated heterocycles. The lowest BCUT2D eigenvalue weighted by Crippen LogP contribution is -2.40. The molecule has 0 bridgehead atoms. The number of fused-ring (bicyclic) bond motifs is 1. The van der Waals surface area contributed by atoms with Gasteiger partial charge in [0.25, 0.3) is 0 Å². The van der Waals surface area contributed by atoms with Crippen molar-refractivity contribution < 1.29 is 9.18 Å². The predicted molar refractivity (Wildman–Crippen MR) is 107 cm³/mol. The Morgan fingerprint density at radius 3 is 2.70 bits per heavy atom. The Labute approximate surface area is 158 Å². The molecule has 0 aliphatic rings. The van der Waals surface area contributed by atoms with Crippen LogP contribution in [0.4, 0.5) is 10.1 Å². The Kier molecular flexibility index (Phi) is 5.28. The molecular weight excluding hydrogens is 343 g/mol. The molecule has 3 aromatic rings. The number of hydrogen-bond donors (Lipinski definition) is 2. The number of rotatable bonds is 5. The van der Waals surface area contributed by atoms with E-state index in [1.165, 1.54) is 12.1 Å². The van der Waals surface area contributed by atoms with Gasteiger partial charge in [-0.05, 0) is 48.7 Å². The minimum Gasteiger partial charge on any atom is -0.327 e. The van der Waals surface area contributed by atoms with Crippen LogP contribution in [-0.2, 0) is 11.8 Å². The van der Waals surface area contributed by atoms with Gasteiger partial charge in [0, 0.05) is 24.4 Å². The molecule has 2 unspecified atom stereocenters. The van der Waals surface area contributed by atoms with Crippen molar-refractivity contribution in [3.8, 4) is 11.4 Å². The number of amides is 1. The number of anilines is 1. The van der Waals surface area contributed by atoms with E-state index in [9.17, 15) is 9.18 Å². The number of imidazole rings is 1. The van der Waals surface area contributed by atoms with Crippen molar-refractivity contribution in [2.24, 2.45) is 18.7 Å². The van der Waals surface area contributed by atoms with E-state index in [-0.39, 0.29) is 17.6 Å². The Bertz CT molecular complexity index is 995. The minimum atomic E-state index is -0.538. The molecule has 0 aliphatic heterocycles. The number of nitrogens with one attached hydrogen (secondary N) is 1. The van der Waals surface area contributed by atoms with Gasteiger partial charge in [0.15, 0.2) is 0 Å². The summed E-state index contributed by atoms with van der Waals surface area (Å²) in [6.45, 7) is 5.91. The van der Waals surface area contributed by atoms with Crippen LogP contribution >= 0.6 is 0 Å². The molecule has 142 valence electrons. The lowest BCUT2D eigenvalue weighted by molar-refractivity contribution is -0.118. The third kappa shape index (κ3) is 3.71. The molecule has 1 aromatic heterocycles. The van der Waals surface area contributed by atoms with E-state index in [4.69, 9.17) is 5.73 Å². The van der Waals surface area contributed by atoms with Gasteiger partial charge in [-0.1, -0.05) is 20.3 Å². The summed E-state index contributed by atoms with van der Waals surface area (Å²) in [4.78, 5) is 16.9. The number of nitrogens with two attached hydrogens (primary N) is 1. The second-order valence-electron chi connectivity index (χ2n) is 7.06. The Hall–Kier alpha value is -2.73. The van der Waals surface area contributed by atoms with Gasteiger partial charge in [-0.3, -0.25) is 4.79 Å². The zero-order chi connectivity index (χ0) is 19.7. The van der Waals surface area contributed by atoms with Crippen LogP contribution < -0.4 is 11.1 Å². The van der Waals surface area contributed by atoms with E-state index in [2.05, 4.69) is 10.3 Å². The van der Waals surface area contributed by atoms with Crippen molar-refractivity contribution in [1.29, 1.82) is 0 Å². The number of carbonyl (C=O) groups excluding carboxylic acids is 1. The maximum Gasteiger partial charge on any atom is 0.241 e. The number of aryl methyl sites for hydroxylation is 2. The predicted octanol–water partition coefficient (Wildman–Crippen LogP) is 4.00. The maximum atomic E-state index is 13.5. The molecule has 0 fully saturated rings. The summed E-state index contributed by atoms with van der Waals surface area (Å²) in [5, 5.41) is 2.91. The molecule has 2 aromatic carbocycles. The zero-order valence-corrected chi connectivity index (χ0v) is 16.1. The van der Waals surface area contributed by atoms with Gasteiger partial charge < -0.3 is 15.6 Å². The van der Waals surface area contributed by atoms with Crippen molar-refractivity contribution in [2.45, 2.75) is 33.2 Å². The van der Waals surface area contributed by atoms with Gasteiger partial charge in [-0.25, -0.2) is 9.37 Å². The fraction of sp³-hybridized carbons (Fsp3) is 0.333. The summed E-state index contributed by atoms with van der Waals surface area (Å²) < 4.78 is 15.4. The van der Waals surface area contributed by atoms with Crippen LogP contribution in [0, 0.1) is 18.7 Å². The van der Waals surface area contributed by atoms with Gasteiger partial charge in [0.1, 0.15) is 11.6 Å². The zero-order valence-electron chi connectivity index (χ0n) is 16.1. The maximum absolute atomic E-state index is 13.5. The summed E-state index contributed by atoms with van der Waals surface area (Å²) >= 11 is 0. The van der Waals surface area contributed by atoms with Crippen molar-refractivity contribution in [1.82, 2.24) is 9.55 Å². The summed E-state index contributed by atoms with van der Waals surface area (Å²) in [6.07, 6.45) is 0.847. The molecule has 0 saturated carbocycles. The van der Waals surface area contributed by atoms with Crippen molar-refractivity contribution in [3.05, 3.63) is 47.8 Å². The number of aromatic nitrogens is 2. The van der Waals surface area contributed by atoms with E-state index < -0.39 is 6.04 Å². The van der Waals surface area contributed by atoms with E-state index in [1.54, 1.807) is 6.07 Å². The minimum absolute atomic E-state index is 0.116. The molecule has 3 N–H and O–H groups in total. The van der Waals surface area contributed by atoms with Crippen molar-refractivity contribution in [3.63, 3.8) is 0 Å². The second-order valence-corrected chi connectivity index (χ2v) is 7.06. The summed E-state index contributed by atoms with van der Waals surface area (Å²) in [5.41, 5.74) is 10.0. The highest BCUT2D eigenvalue weighted by Gasteiger charge is 2.20. The third-order valence-corrected chi connectivity index (χ3v) is 5.15.